The van der Waals surface area contributed by atoms with E-state index in [0.717, 1.165) is 16.8 Å². The molecule has 0 aliphatic rings. The first-order valence-electron chi connectivity index (χ1n) is 8.14. The molecule has 0 saturated heterocycles. The molecule has 8 heteroatoms. The Labute approximate surface area is 145 Å². The molecule has 0 amide bonds. The van der Waals surface area contributed by atoms with Gasteiger partial charge in [0.1, 0.15) is 0 Å². The summed E-state index contributed by atoms with van der Waals surface area (Å²) >= 11 is 0. The van der Waals surface area contributed by atoms with Crippen molar-refractivity contribution < 1.29 is 0 Å². The van der Waals surface area contributed by atoms with Crippen molar-refractivity contribution in [2.24, 2.45) is 14.1 Å². The molecule has 3 heterocycles. The first kappa shape index (κ1) is 17.1. The monoisotopic (exact) mass is 342 g/mol. The van der Waals surface area contributed by atoms with Gasteiger partial charge < -0.3 is 4.57 Å². The Morgan fingerprint density at radius 3 is 2.60 bits per heavy atom. The summed E-state index contributed by atoms with van der Waals surface area (Å²) in [5.74, 6) is 0. The fraction of sp³-hybridized carbons (Fsp3) is 0.412. The summed E-state index contributed by atoms with van der Waals surface area (Å²) in [6.45, 7) is 3.41. The van der Waals surface area contributed by atoms with E-state index in [4.69, 9.17) is 0 Å². The molecule has 8 nitrogen and oxygen atoms in total. The molecule has 0 aliphatic carbocycles. The minimum Gasteiger partial charge on any atom is -0.323 e. The topological polar surface area (TPSA) is 78.0 Å². The van der Waals surface area contributed by atoms with Crippen LogP contribution in [0.15, 0.2) is 40.3 Å². The standard InChI is InChI=1S/C17H22N6O2/c1-12(13-7-5-6-8-18-13)20(2)9-10-23-11-19-15-14(23)16(24)22(4)17(25)21(15)3/h5-8,11-12H,9-10H2,1-4H3. The predicted octanol–water partition coefficient (Wildman–Crippen LogP) is 0.522. The highest BCUT2D eigenvalue weighted by molar-refractivity contribution is 5.69. The van der Waals surface area contributed by atoms with Gasteiger partial charge in [0.2, 0.25) is 0 Å². The van der Waals surface area contributed by atoms with Crippen molar-refractivity contribution in [3.63, 3.8) is 0 Å². The van der Waals surface area contributed by atoms with Crippen LogP contribution in [0, 0.1) is 0 Å². The second-order valence-corrected chi connectivity index (χ2v) is 6.23. The highest BCUT2D eigenvalue weighted by Crippen LogP contribution is 2.16. The molecule has 0 fully saturated rings. The van der Waals surface area contributed by atoms with Crippen LogP contribution in [0.5, 0.6) is 0 Å². The second-order valence-electron chi connectivity index (χ2n) is 6.23. The lowest BCUT2D eigenvalue weighted by molar-refractivity contribution is 0.248. The summed E-state index contributed by atoms with van der Waals surface area (Å²) in [7, 11) is 5.12. The van der Waals surface area contributed by atoms with Gasteiger partial charge in [-0.05, 0) is 26.1 Å². The summed E-state index contributed by atoms with van der Waals surface area (Å²) in [5.41, 5.74) is 1.16. The number of hydrogen-bond donors (Lipinski definition) is 0. The number of aryl methyl sites for hydroxylation is 1. The lowest BCUT2D eigenvalue weighted by Crippen LogP contribution is -2.37. The number of likely N-dealkylation sites (N-methyl/N-ethyl adjacent to an activating group) is 1. The fourth-order valence-corrected chi connectivity index (χ4v) is 2.87. The summed E-state index contributed by atoms with van der Waals surface area (Å²) in [4.78, 5) is 35.2. The molecule has 0 aliphatic heterocycles. The Morgan fingerprint density at radius 2 is 1.92 bits per heavy atom. The number of pyridine rings is 1. The van der Waals surface area contributed by atoms with Crippen molar-refractivity contribution in [1.82, 2.24) is 28.6 Å². The Kier molecular flexibility index (Phi) is 4.54. The third kappa shape index (κ3) is 3.00. The van der Waals surface area contributed by atoms with E-state index >= 15 is 0 Å². The van der Waals surface area contributed by atoms with Crippen LogP contribution in [-0.4, -0.2) is 42.2 Å². The van der Waals surface area contributed by atoms with Crippen LogP contribution in [0.3, 0.4) is 0 Å². The van der Waals surface area contributed by atoms with Gasteiger partial charge in [0.15, 0.2) is 11.2 Å². The molecular weight excluding hydrogens is 320 g/mol. The zero-order valence-corrected chi connectivity index (χ0v) is 14.9. The highest BCUT2D eigenvalue weighted by atomic mass is 16.2. The van der Waals surface area contributed by atoms with E-state index in [0.29, 0.717) is 17.7 Å². The van der Waals surface area contributed by atoms with E-state index in [1.807, 2.05) is 25.2 Å². The lowest BCUT2D eigenvalue weighted by atomic mass is 10.2. The molecule has 0 spiro atoms. The predicted molar refractivity (Wildman–Crippen MR) is 95.5 cm³/mol. The summed E-state index contributed by atoms with van der Waals surface area (Å²) in [5, 5.41) is 0. The third-order valence-electron chi connectivity index (χ3n) is 4.69. The van der Waals surface area contributed by atoms with Crippen molar-refractivity contribution in [1.29, 1.82) is 0 Å². The number of imidazole rings is 1. The molecule has 1 atom stereocenters. The molecule has 0 aromatic carbocycles. The molecular formula is C17H22N6O2. The van der Waals surface area contributed by atoms with Crippen LogP contribution >= 0.6 is 0 Å². The zero-order chi connectivity index (χ0) is 18.1. The maximum atomic E-state index is 12.4. The SMILES string of the molecule is CC(c1ccccn1)N(C)CCn1cnc2c1c(=O)n(C)c(=O)n2C. The fourth-order valence-electron chi connectivity index (χ4n) is 2.87. The molecule has 3 aromatic rings. The van der Waals surface area contributed by atoms with Crippen LogP contribution in [0.2, 0.25) is 0 Å². The van der Waals surface area contributed by atoms with Gasteiger partial charge in [-0.3, -0.25) is 23.8 Å². The average Bonchev–Trinajstić information content (AvgIpc) is 3.06. The van der Waals surface area contributed by atoms with Crippen molar-refractivity contribution in [2.75, 3.05) is 13.6 Å². The van der Waals surface area contributed by atoms with E-state index in [2.05, 4.69) is 21.8 Å². The Bertz CT molecular complexity index is 1000. The lowest BCUT2D eigenvalue weighted by Gasteiger charge is -2.24. The van der Waals surface area contributed by atoms with Crippen LogP contribution in [0.4, 0.5) is 0 Å². The van der Waals surface area contributed by atoms with Gasteiger partial charge in [-0.25, -0.2) is 9.78 Å². The van der Waals surface area contributed by atoms with Crippen LogP contribution in [0.25, 0.3) is 11.2 Å². The van der Waals surface area contributed by atoms with Gasteiger partial charge in [-0.15, -0.1) is 0 Å². The summed E-state index contributed by atoms with van der Waals surface area (Å²) < 4.78 is 4.31. The van der Waals surface area contributed by atoms with E-state index in [-0.39, 0.29) is 17.3 Å². The van der Waals surface area contributed by atoms with Gasteiger partial charge >= 0.3 is 5.69 Å². The molecule has 0 N–H and O–H groups in total. The van der Waals surface area contributed by atoms with Gasteiger partial charge in [-0.1, -0.05) is 6.07 Å². The number of aromatic nitrogens is 5. The minimum atomic E-state index is -0.372. The van der Waals surface area contributed by atoms with E-state index in [1.54, 1.807) is 24.1 Å². The van der Waals surface area contributed by atoms with Crippen molar-refractivity contribution >= 4 is 11.2 Å². The number of hydrogen-bond acceptors (Lipinski definition) is 5. The largest absolute Gasteiger partial charge is 0.332 e. The molecule has 0 bridgehead atoms. The van der Waals surface area contributed by atoms with Crippen molar-refractivity contribution in [3.05, 3.63) is 57.3 Å². The summed E-state index contributed by atoms with van der Waals surface area (Å²) in [6, 6.07) is 6.02. The summed E-state index contributed by atoms with van der Waals surface area (Å²) in [6.07, 6.45) is 3.40. The first-order chi connectivity index (χ1) is 11.9. The Balaban J connectivity index is 1.85. The zero-order valence-electron chi connectivity index (χ0n) is 14.9. The van der Waals surface area contributed by atoms with Crippen molar-refractivity contribution in [3.8, 4) is 0 Å². The second kappa shape index (κ2) is 6.64. The molecule has 1 unspecified atom stereocenters. The molecule has 132 valence electrons. The number of nitrogens with zero attached hydrogens (tertiary/aromatic N) is 6. The van der Waals surface area contributed by atoms with Crippen LogP contribution in [-0.2, 0) is 20.6 Å². The number of fused-ring (bicyclic) bond motifs is 1. The van der Waals surface area contributed by atoms with Gasteiger partial charge in [0.05, 0.1) is 12.0 Å². The minimum absolute atomic E-state index is 0.156. The first-order valence-corrected chi connectivity index (χ1v) is 8.14. The maximum absolute atomic E-state index is 12.4. The molecule has 25 heavy (non-hydrogen) atoms. The van der Waals surface area contributed by atoms with E-state index < -0.39 is 0 Å². The van der Waals surface area contributed by atoms with Crippen LogP contribution < -0.4 is 11.2 Å². The van der Waals surface area contributed by atoms with E-state index in [9.17, 15) is 9.59 Å². The van der Waals surface area contributed by atoms with Crippen molar-refractivity contribution in [2.45, 2.75) is 19.5 Å². The smallest absolute Gasteiger partial charge is 0.323 e. The third-order valence-corrected chi connectivity index (χ3v) is 4.69. The quantitative estimate of drug-likeness (QED) is 0.676. The molecule has 0 saturated carbocycles. The van der Waals surface area contributed by atoms with Gasteiger partial charge in [-0.2, -0.15) is 0 Å². The molecule has 3 rings (SSSR count). The average molecular weight is 342 g/mol. The normalized spacial score (nSPS) is 12.8. The molecule has 0 radical (unpaired) electrons. The Hall–Kier alpha value is -2.74. The highest BCUT2D eigenvalue weighted by Gasteiger charge is 2.16. The number of rotatable bonds is 5. The van der Waals surface area contributed by atoms with E-state index in [1.165, 1.54) is 11.6 Å². The Morgan fingerprint density at radius 1 is 1.16 bits per heavy atom. The van der Waals surface area contributed by atoms with Gasteiger partial charge in [0, 0.05) is 39.4 Å². The maximum Gasteiger partial charge on any atom is 0.332 e. The van der Waals surface area contributed by atoms with Crippen LogP contribution in [0.1, 0.15) is 18.7 Å². The van der Waals surface area contributed by atoms with Gasteiger partial charge in [0.25, 0.3) is 5.56 Å². The molecule has 3 aromatic heterocycles.